The molecule has 3 rings (SSSR count). The Morgan fingerprint density at radius 3 is 2.91 bits per heavy atom. The normalized spacial score (nSPS) is 23.0. The molecule has 1 aromatic rings. The number of piperidine rings is 1. The SMILES string of the molecule is O=C(NCc1cccs1)N1CCC(OCC2CCCCO2)CC1. The van der Waals surface area contributed by atoms with Crippen molar-refractivity contribution in [1.29, 1.82) is 0 Å². The molecule has 128 valence electrons. The molecule has 0 bridgehead atoms. The molecule has 0 saturated carbocycles. The molecule has 2 fully saturated rings. The number of likely N-dealkylation sites (tertiary alicyclic amines) is 1. The van der Waals surface area contributed by atoms with Crippen molar-refractivity contribution < 1.29 is 14.3 Å². The molecule has 3 heterocycles. The summed E-state index contributed by atoms with van der Waals surface area (Å²) < 4.78 is 11.7. The van der Waals surface area contributed by atoms with E-state index in [-0.39, 0.29) is 18.2 Å². The molecule has 2 saturated heterocycles. The van der Waals surface area contributed by atoms with E-state index in [0.717, 1.165) is 39.0 Å². The molecule has 2 aliphatic heterocycles. The lowest BCUT2D eigenvalue weighted by Crippen LogP contribution is -2.46. The third kappa shape index (κ3) is 5.19. The second kappa shape index (κ2) is 8.66. The summed E-state index contributed by atoms with van der Waals surface area (Å²) in [6.45, 7) is 3.73. The zero-order chi connectivity index (χ0) is 15.9. The Morgan fingerprint density at radius 1 is 1.35 bits per heavy atom. The quantitative estimate of drug-likeness (QED) is 0.898. The van der Waals surface area contributed by atoms with Gasteiger partial charge in [0.25, 0.3) is 0 Å². The van der Waals surface area contributed by atoms with Gasteiger partial charge in [0.2, 0.25) is 0 Å². The van der Waals surface area contributed by atoms with Crippen LogP contribution in [0.5, 0.6) is 0 Å². The lowest BCUT2D eigenvalue weighted by atomic mass is 10.1. The van der Waals surface area contributed by atoms with Crippen LogP contribution in [0.15, 0.2) is 17.5 Å². The molecular weight excluding hydrogens is 312 g/mol. The molecule has 0 aromatic carbocycles. The maximum Gasteiger partial charge on any atom is 0.317 e. The van der Waals surface area contributed by atoms with E-state index in [4.69, 9.17) is 9.47 Å². The van der Waals surface area contributed by atoms with Crippen LogP contribution in [0.3, 0.4) is 0 Å². The van der Waals surface area contributed by atoms with Crippen molar-refractivity contribution in [2.24, 2.45) is 0 Å². The highest BCUT2D eigenvalue weighted by Crippen LogP contribution is 2.18. The molecule has 0 aliphatic carbocycles. The lowest BCUT2D eigenvalue weighted by molar-refractivity contribution is -0.0728. The summed E-state index contributed by atoms with van der Waals surface area (Å²) in [6, 6.07) is 4.08. The van der Waals surface area contributed by atoms with Crippen molar-refractivity contribution in [3.8, 4) is 0 Å². The van der Waals surface area contributed by atoms with Gasteiger partial charge in [-0.2, -0.15) is 0 Å². The second-order valence-corrected chi connectivity index (χ2v) is 7.28. The first-order valence-corrected chi connectivity index (χ1v) is 9.47. The summed E-state index contributed by atoms with van der Waals surface area (Å²) in [6.07, 6.45) is 5.91. The molecule has 2 amide bonds. The first kappa shape index (κ1) is 16.7. The Bertz CT molecular complexity index is 466. The topological polar surface area (TPSA) is 50.8 Å². The van der Waals surface area contributed by atoms with Crippen LogP contribution in [0.2, 0.25) is 0 Å². The molecule has 23 heavy (non-hydrogen) atoms. The average Bonchev–Trinajstić information content (AvgIpc) is 3.13. The van der Waals surface area contributed by atoms with E-state index >= 15 is 0 Å². The largest absolute Gasteiger partial charge is 0.376 e. The van der Waals surface area contributed by atoms with Crippen molar-refractivity contribution in [3.63, 3.8) is 0 Å². The Balaban J connectivity index is 1.32. The smallest absolute Gasteiger partial charge is 0.317 e. The fraction of sp³-hybridized carbons (Fsp3) is 0.706. The van der Waals surface area contributed by atoms with Crippen LogP contribution in [0.4, 0.5) is 4.79 Å². The highest BCUT2D eigenvalue weighted by atomic mass is 32.1. The summed E-state index contributed by atoms with van der Waals surface area (Å²) in [5.41, 5.74) is 0. The number of hydrogen-bond acceptors (Lipinski definition) is 4. The summed E-state index contributed by atoms with van der Waals surface area (Å²) in [4.78, 5) is 15.2. The number of nitrogens with zero attached hydrogens (tertiary/aromatic N) is 1. The number of urea groups is 1. The predicted octanol–water partition coefficient (Wildman–Crippen LogP) is 3.01. The van der Waals surface area contributed by atoms with Gasteiger partial charge in [-0.25, -0.2) is 4.79 Å². The maximum absolute atomic E-state index is 12.2. The van der Waals surface area contributed by atoms with Crippen LogP contribution < -0.4 is 5.32 Å². The van der Waals surface area contributed by atoms with E-state index < -0.39 is 0 Å². The molecular formula is C17H26N2O3S. The van der Waals surface area contributed by atoms with Gasteiger partial charge in [-0.05, 0) is 43.6 Å². The van der Waals surface area contributed by atoms with Crippen molar-refractivity contribution in [2.75, 3.05) is 26.3 Å². The first-order chi connectivity index (χ1) is 11.3. The lowest BCUT2D eigenvalue weighted by Gasteiger charge is -2.33. The summed E-state index contributed by atoms with van der Waals surface area (Å²) in [5, 5.41) is 5.02. The van der Waals surface area contributed by atoms with Gasteiger partial charge < -0.3 is 19.7 Å². The zero-order valence-corrected chi connectivity index (χ0v) is 14.4. The van der Waals surface area contributed by atoms with Crippen LogP contribution in [0.25, 0.3) is 0 Å². The van der Waals surface area contributed by atoms with Gasteiger partial charge in [-0.15, -0.1) is 11.3 Å². The summed E-state index contributed by atoms with van der Waals surface area (Å²) >= 11 is 1.67. The van der Waals surface area contributed by atoms with Crippen LogP contribution in [-0.2, 0) is 16.0 Å². The van der Waals surface area contributed by atoms with E-state index in [9.17, 15) is 4.79 Å². The van der Waals surface area contributed by atoms with Gasteiger partial charge in [0.1, 0.15) is 0 Å². The van der Waals surface area contributed by atoms with Gasteiger partial charge in [0.05, 0.1) is 25.4 Å². The Labute approximate surface area is 142 Å². The predicted molar refractivity (Wildman–Crippen MR) is 90.7 cm³/mol. The molecule has 1 N–H and O–H groups in total. The van der Waals surface area contributed by atoms with Crippen molar-refractivity contribution >= 4 is 17.4 Å². The second-order valence-electron chi connectivity index (χ2n) is 6.25. The molecule has 1 unspecified atom stereocenters. The fourth-order valence-corrected chi connectivity index (χ4v) is 3.74. The van der Waals surface area contributed by atoms with Gasteiger partial charge in [-0.1, -0.05) is 6.07 Å². The number of carbonyl (C=O) groups excluding carboxylic acids is 1. The van der Waals surface area contributed by atoms with E-state index in [1.165, 1.54) is 17.7 Å². The van der Waals surface area contributed by atoms with Crippen molar-refractivity contribution in [3.05, 3.63) is 22.4 Å². The van der Waals surface area contributed by atoms with E-state index in [1.807, 2.05) is 22.4 Å². The highest BCUT2D eigenvalue weighted by molar-refractivity contribution is 7.09. The minimum atomic E-state index is 0.0347. The number of amides is 2. The highest BCUT2D eigenvalue weighted by Gasteiger charge is 2.24. The Hall–Kier alpha value is -1.11. The van der Waals surface area contributed by atoms with E-state index in [1.54, 1.807) is 11.3 Å². The van der Waals surface area contributed by atoms with Crippen molar-refractivity contribution in [1.82, 2.24) is 10.2 Å². The standard InChI is InChI=1S/C17H26N2O3S/c20-17(18-12-16-5-3-11-23-16)19-8-6-14(7-9-19)22-13-15-4-1-2-10-21-15/h3,5,11,14-15H,1-2,4,6-10,12-13H2,(H,18,20). The number of thiophene rings is 1. The summed E-state index contributed by atoms with van der Waals surface area (Å²) in [7, 11) is 0. The van der Waals surface area contributed by atoms with Crippen molar-refractivity contribution in [2.45, 2.75) is 50.9 Å². The van der Waals surface area contributed by atoms with E-state index in [2.05, 4.69) is 5.32 Å². The molecule has 0 radical (unpaired) electrons. The number of carbonyl (C=O) groups is 1. The molecule has 1 atom stereocenters. The maximum atomic E-state index is 12.2. The number of ether oxygens (including phenoxy) is 2. The van der Waals surface area contributed by atoms with E-state index in [0.29, 0.717) is 13.2 Å². The van der Waals surface area contributed by atoms with Crippen LogP contribution in [0, 0.1) is 0 Å². The average molecular weight is 338 g/mol. The van der Waals surface area contributed by atoms with Crippen LogP contribution in [-0.4, -0.2) is 49.4 Å². The Morgan fingerprint density at radius 2 is 2.22 bits per heavy atom. The number of hydrogen-bond donors (Lipinski definition) is 1. The van der Waals surface area contributed by atoms with Gasteiger partial charge in [0.15, 0.2) is 0 Å². The third-order valence-electron chi connectivity index (χ3n) is 4.51. The fourth-order valence-electron chi connectivity index (χ4n) is 3.10. The van der Waals surface area contributed by atoms with Gasteiger partial charge in [-0.3, -0.25) is 0 Å². The molecule has 6 heteroatoms. The minimum Gasteiger partial charge on any atom is -0.376 e. The minimum absolute atomic E-state index is 0.0347. The molecule has 5 nitrogen and oxygen atoms in total. The summed E-state index contributed by atoms with van der Waals surface area (Å²) in [5.74, 6) is 0. The van der Waals surface area contributed by atoms with Gasteiger partial charge >= 0.3 is 6.03 Å². The molecule has 2 aliphatic rings. The first-order valence-electron chi connectivity index (χ1n) is 8.59. The van der Waals surface area contributed by atoms with Crippen LogP contribution in [0.1, 0.15) is 37.0 Å². The monoisotopic (exact) mass is 338 g/mol. The third-order valence-corrected chi connectivity index (χ3v) is 5.39. The molecule has 1 aromatic heterocycles. The number of rotatable bonds is 5. The Kier molecular flexibility index (Phi) is 6.30. The van der Waals surface area contributed by atoms with Gasteiger partial charge in [0, 0.05) is 24.6 Å². The number of nitrogens with one attached hydrogen (secondary N) is 1. The zero-order valence-electron chi connectivity index (χ0n) is 13.5. The molecule has 0 spiro atoms. The van der Waals surface area contributed by atoms with Crippen LogP contribution >= 0.6 is 11.3 Å².